The Hall–Kier alpha value is -1.83. The van der Waals surface area contributed by atoms with E-state index in [0.717, 1.165) is 12.0 Å². The van der Waals surface area contributed by atoms with Gasteiger partial charge in [-0.3, -0.25) is 0 Å². The van der Waals surface area contributed by atoms with Crippen molar-refractivity contribution in [2.24, 2.45) is 0 Å². The Labute approximate surface area is 100 Å². The summed E-state index contributed by atoms with van der Waals surface area (Å²) in [7, 11) is 0. The van der Waals surface area contributed by atoms with Gasteiger partial charge >= 0.3 is 0 Å². The lowest BCUT2D eigenvalue weighted by Gasteiger charge is -2.05. The minimum absolute atomic E-state index is 0.261. The number of halogens is 1. The van der Waals surface area contributed by atoms with Crippen LogP contribution in [0.25, 0.3) is 0 Å². The molecule has 0 aromatic heterocycles. The maximum absolute atomic E-state index is 13.0. The van der Waals surface area contributed by atoms with Gasteiger partial charge in [0, 0.05) is 5.69 Å². The van der Waals surface area contributed by atoms with Crippen LogP contribution in [0.5, 0.6) is 0 Å². The third-order valence-electron chi connectivity index (χ3n) is 3.47. The molecule has 17 heavy (non-hydrogen) atoms. The standard InChI is InChI=1S/C15H14FN/c16-11-6-7-12(15(17)8-11)14-9-13(14)10-4-2-1-3-5-10/h1-8,13-14H,9,17H2. The fraction of sp³-hybridized carbons (Fsp3) is 0.200. The maximum atomic E-state index is 13.0. The lowest BCUT2D eigenvalue weighted by atomic mass is 10.0. The first-order valence-corrected chi connectivity index (χ1v) is 5.85. The zero-order valence-corrected chi connectivity index (χ0v) is 9.44. The molecule has 1 aliphatic carbocycles. The molecule has 2 N–H and O–H groups in total. The molecule has 86 valence electrons. The van der Waals surface area contributed by atoms with Crippen LogP contribution in [0.1, 0.15) is 29.4 Å². The molecule has 1 saturated carbocycles. The van der Waals surface area contributed by atoms with Gasteiger partial charge in [0.15, 0.2) is 0 Å². The summed E-state index contributed by atoms with van der Waals surface area (Å²) in [5.74, 6) is 0.741. The van der Waals surface area contributed by atoms with Crippen LogP contribution in [-0.2, 0) is 0 Å². The average Bonchev–Trinajstić information content (AvgIpc) is 3.10. The number of anilines is 1. The van der Waals surface area contributed by atoms with E-state index in [1.807, 2.05) is 12.1 Å². The first-order chi connectivity index (χ1) is 8.25. The zero-order valence-electron chi connectivity index (χ0n) is 9.44. The number of hydrogen-bond acceptors (Lipinski definition) is 1. The van der Waals surface area contributed by atoms with Gasteiger partial charge < -0.3 is 5.73 Å². The number of benzene rings is 2. The Kier molecular flexibility index (Phi) is 2.36. The van der Waals surface area contributed by atoms with Crippen LogP contribution >= 0.6 is 0 Å². The number of rotatable bonds is 2. The van der Waals surface area contributed by atoms with Crippen molar-refractivity contribution < 1.29 is 4.39 Å². The molecule has 2 aromatic rings. The van der Waals surface area contributed by atoms with E-state index in [0.29, 0.717) is 17.5 Å². The summed E-state index contributed by atoms with van der Waals surface area (Å²) in [5, 5.41) is 0. The van der Waals surface area contributed by atoms with Crippen LogP contribution in [0.15, 0.2) is 48.5 Å². The normalized spacial score (nSPS) is 22.4. The topological polar surface area (TPSA) is 26.0 Å². The molecule has 0 heterocycles. The second-order valence-corrected chi connectivity index (χ2v) is 4.63. The van der Waals surface area contributed by atoms with Crippen LogP contribution in [0.4, 0.5) is 10.1 Å². The lowest BCUT2D eigenvalue weighted by Crippen LogP contribution is -1.94. The molecule has 2 heteroatoms. The van der Waals surface area contributed by atoms with Crippen molar-refractivity contribution in [1.82, 2.24) is 0 Å². The quantitative estimate of drug-likeness (QED) is 0.778. The Balaban J connectivity index is 1.85. The predicted octanol–water partition coefficient (Wildman–Crippen LogP) is 3.68. The summed E-state index contributed by atoms with van der Waals surface area (Å²) in [6, 6.07) is 15.1. The SMILES string of the molecule is Nc1cc(F)ccc1C1CC1c1ccccc1. The maximum Gasteiger partial charge on any atom is 0.125 e. The number of nitrogen functional groups attached to an aromatic ring is 1. The van der Waals surface area contributed by atoms with Crippen molar-refractivity contribution in [3.05, 3.63) is 65.5 Å². The highest BCUT2D eigenvalue weighted by atomic mass is 19.1. The van der Waals surface area contributed by atoms with E-state index in [1.165, 1.54) is 17.7 Å². The van der Waals surface area contributed by atoms with Gasteiger partial charge in [0.25, 0.3) is 0 Å². The van der Waals surface area contributed by atoms with Gasteiger partial charge in [0.05, 0.1) is 0 Å². The van der Waals surface area contributed by atoms with Gasteiger partial charge in [-0.15, -0.1) is 0 Å². The summed E-state index contributed by atoms with van der Waals surface area (Å²) >= 11 is 0. The van der Waals surface area contributed by atoms with E-state index in [-0.39, 0.29) is 5.82 Å². The molecule has 0 bridgehead atoms. The van der Waals surface area contributed by atoms with Crippen LogP contribution in [0.2, 0.25) is 0 Å². The Morgan fingerprint density at radius 3 is 2.47 bits per heavy atom. The highest BCUT2D eigenvalue weighted by Crippen LogP contribution is 2.55. The van der Waals surface area contributed by atoms with E-state index in [1.54, 1.807) is 0 Å². The first kappa shape index (κ1) is 10.3. The van der Waals surface area contributed by atoms with Gasteiger partial charge in [-0.05, 0) is 41.5 Å². The van der Waals surface area contributed by atoms with Crippen LogP contribution in [0, 0.1) is 5.82 Å². The average molecular weight is 227 g/mol. The molecule has 2 aromatic carbocycles. The number of hydrogen-bond donors (Lipinski definition) is 1. The molecule has 0 amide bonds. The summed E-state index contributed by atoms with van der Waals surface area (Å²) < 4.78 is 13.0. The van der Waals surface area contributed by atoms with Crippen LogP contribution in [-0.4, -0.2) is 0 Å². The zero-order chi connectivity index (χ0) is 11.8. The summed E-state index contributed by atoms with van der Waals surface area (Å²) in [4.78, 5) is 0. The molecule has 2 unspecified atom stereocenters. The van der Waals surface area contributed by atoms with E-state index in [9.17, 15) is 4.39 Å². The van der Waals surface area contributed by atoms with Crippen molar-refractivity contribution >= 4 is 5.69 Å². The van der Waals surface area contributed by atoms with Gasteiger partial charge in [-0.1, -0.05) is 36.4 Å². The van der Waals surface area contributed by atoms with Gasteiger partial charge in [-0.25, -0.2) is 4.39 Å². The molecule has 1 aliphatic rings. The summed E-state index contributed by atoms with van der Waals surface area (Å²) in [5.41, 5.74) is 8.87. The molecule has 0 saturated heterocycles. The van der Waals surface area contributed by atoms with Crippen molar-refractivity contribution in [2.75, 3.05) is 5.73 Å². The molecule has 0 spiro atoms. The van der Waals surface area contributed by atoms with Gasteiger partial charge in [0.2, 0.25) is 0 Å². The summed E-state index contributed by atoms with van der Waals surface area (Å²) in [6.07, 6.45) is 1.11. The first-order valence-electron chi connectivity index (χ1n) is 5.85. The lowest BCUT2D eigenvalue weighted by molar-refractivity contribution is 0.627. The van der Waals surface area contributed by atoms with Crippen molar-refractivity contribution in [1.29, 1.82) is 0 Å². The van der Waals surface area contributed by atoms with Crippen LogP contribution in [0.3, 0.4) is 0 Å². The fourth-order valence-corrected chi connectivity index (χ4v) is 2.49. The molecular weight excluding hydrogens is 213 g/mol. The highest BCUT2D eigenvalue weighted by Gasteiger charge is 2.40. The van der Waals surface area contributed by atoms with E-state index in [2.05, 4.69) is 24.3 Å². The monoisotopic (exact) mass is 227 g/mol. The second kappa shape index (κ2) is 3.88. The van der Waals surface area contributed by atoms with Crippen molar-refractivity contribution in [3.63, 3.8) is 0 Å². The van der Waals surface area contributed by atoms with E-state index >= 15 is 0 Å². The third kappa shape index (κ3) is 1.91. The molecule has 3 rings (SSSR count). The smallest absolute Gasteiger partial charge is 0.125 e. The Morgan fingerprint density at radius 1 is 1.00 bits per heavy atom. The van der Waals surface area contributed by atoms with Crippen LogP contribution < -0.4 is 5.73 Å². The second-order valence-electron chi connectivity index (χ2n) is 4.63. The third-order valence-corrected chi connectivity index (χ3v) is 3.47. The molecule has 0 aliphatic heterocycles. The van der Waals surface area contributed by atoms with Crippen molar-refractivity contribution in [2.45, 2.75) is 18.3 Å². The summed E-state index contributed by atoms with van der Waals surface area (Å²) in [6.45, 7) is 0. The number of nitrogens with two attached hydrogens (primary N) is 1. The molecule has 1 nitrogen and oxygen atoms in total. The Bertz CT molecular complexity index is 536. The minimum Gasteiger partial charge on any atom is -0.398 e. The van der Waals surface area contributed by atoms with Gasteiger partial charge in [0.1, 0.15) is 5.82 Å². The highest BCUT2D eigenvalue weighted by molar-refractivity contribution is 5.53. The molecule has 1 fully saturated rings. The molecular formula is C15H14FN. The molecule has 2 atom stereocenters. The largest absolute Gasteiger partial charge is 0.398 e. The fourth-order valence-electron chi connectivity index (χ4n) is 2.49. The predicted molar refractivity (Wildman–Crippen MR) is 67.4 cm³/mol. The van der Waals surface area contributed by atoms with Gasteiger partial charge in [-0.2, -0.15) is 0 Å². The minimum atomic E-state index is -0.261. The van der Waals surface area contributed by atoms with E-state index in [4.69, 9.17) is 5.73 Å². The molecule has 0 radical (unpaired) electrons. The van der Waals surface area contributed by atoms with Crippen molar-refractivity contribution in [3.8, 4) is 0 Å². The van der Waals surface area contributed by atoms with E-state index < -0.39 is 0 Å². The Morgan fingerprint density at radius 2 is 1.76 bits per heavy atom.